The average molecular weight is 428 g/mol. The Labute approximate surface area is 186 Å². The maximum atomic E-state index is 13.2. The molecule has 4 rings (SSSR count). The Bertz CT molecular complexity index is 1200. The Balaban J connectivity index is 1.90. The van der Waals surface area contributed by atoms with Crippen LogP contribution in [0, 0.1) is 13.8 Å². The summed E-state index contributed by atoms with van der Waals surface area (Å²) in [6.07, 6.45) is 1.61. The lowest BCUT2D eigenvalue weighted by Gasteiger charge is -2.26. The van der Waals surface area contributed by atoms with E-state index in [0.717, 1.165) is 11.1 Å². The summed E-state index contributed by atoms with van der Waals surface area (Å²) in [4.78, 5) is 32.2. The number of ketones is 1. The number of benzene rings is 2. The van der Waals surface area contributed by atoms with E-state index in [9.17, 15) is 14.7 Å². The van der Waals surface area contributed by atoms with Gasteiger partial charge in [-0.05, 0) is 68.8 Å². The van der Waals surface area contributed by atoms with Crippen molar-refractivity contribution in [3.05, 3.63) is 94.8 Å². The van der Waals surface area contributed by atoms with Gasteiger partial charge in [0, 0.05) is 17.4 Å². The maximum Gasteiger partial charge on any atom is 0.300 e. The van der Waals surface area contributed by atoms with Crippen molar-refractivity contribution < 1.29 is 19.4 Å². The van der Waals surface area contributed by atoms with E-state index in [1.165, 1.54) is 4.90 Å². The molecule has 32 heavy (non-hydrogen) atoms. The summed E-state index contributed by atoms with van der Waals surface area (Å²) in [5.41, 5.74) is 3.45. The number of aliphatic hydroxyl groups excluding tert-OH is 1. The molecule has 1 saturated heterocycles. The summed E-state index contributed by atoms with van der Waals surface area (Å²) in [6.45, 7) is 6.26. The molecule has 0 spiro atoms. The number of ether oxygens (including phenoxy) is 1. The lowest BCUT2D eigenvalue weighted by molar-refractivity contribution is -0.132. The Morgan fingerprint density at radius 2 is 1.81 bits per heavy atom. The number of amides is 1. The van der Waals surface area contributed by atoms with Gasteiger partial charge in [-0.3, -0.25) is 19.5 Å². The van der Waals surface area contributed by atoms with E-state index < -0.39 is 17.7 Å². The predicted molar refractivity (Wildman–Crippen MR) is 123 cm³/mol. The number of hydrogen-bond donors (Lipinski definition) is 1. The number of carbonyl (C=O) groups excluding carboxylic acids is 2. The fourth-order valence-corrected chi connectivity index (χ4v) is 4.01. The minimum absolute atomic E-state index is 0.0119. The zero-order chi connectivity index (χ0) is 22.8. The summed E-state index contributed by atoms with van der Waals surface area (Å²) in [6, 6.07) is 16.9. The minimum Gasteiger partial charge on any atom is -0.507 e. The number of hydrogen-bond acceptors (Lipinski definition) is 5. The van der Waals surface area contributed by atoms with Crippen LogP contribution in [0.2, 0.25) is 0 Å². The van der Waals surface area contributed by atoms with Crippen LogP contribution in [0.3, 0.4) is 0 Å². The Kier molecular flexibility index (Phi) is 5.77. The first-order chi connectivity index (χ1) is 15.4. The van der Waals surface area contributed by atoms with Crippen LogP contribution in [0.1, 0.15) is 35.3 Å². The number of pyridine rings is 1. The Hall–Kier alpha value is -3.93. The number of nitrogens with zero attached hydrogens (tertiary/aromatic N) is 2. The van der Waals surface area contributed by atoms with Crippen molar-refractivity contribution >= 4 is 23.1 Å². The van der Waals surface area contributed by atoms with Crippen LogP contribution in [0.5, 0.6) is 5.75 Å². The molecule has 0 radical (unpaired) electrons. The SMILES string of the molecule is CCOc1ccc(/C(O)=C2\C(=O)C(=O)N(c3ccc(C)cc3C)C2c2ccccn2)cc1. The highest BCUT2D eigenvalue weighted by Crippen LogP contribution is 2.42. The van der Waals surface area contributed by atoms with E-state index in [1.807, 2.05) is 39.0 Å². The molecule has 162 valence electrons. The van der Waals surface area contributed by atoms with Gasteiger partial charge in [0.15, 0.2) is 0 Å². The first kappa shape index (κ1) is 21.3. The van der Waals surface area contributed by atoms with Gasteiger partial charge in [0.25, 0.3) is 11.7 Å². The zero-order valence-electron chi connectivity index (χ0n) is 18.2. The minimum atomic E-state index is -0.843. The Morgan fingerprint density at radius 1 is 1.06 bits per heavy atom. The molecule has 1 atom stereocenters. The van der Waals surface area contributed by atoms with Crippen LogP contribution in [0.25, 0.3) is 5.76 Å². The lowest BCUT2D eigenvalue weighted by Crippen LogP contribution is -2.30. The predicted octanol–water partition coefficient (Wildman–Crippen LogP) is 4.72. The van der Waals surface area contributed by atoms with E-state index in [0.29, 0.717) is 29.3 Å². The Morgan fingerprint density at radius 3 is 2.44 bits per heavy atom. The third kappa shape index (κ3) is 3.75. The highest BCUT2D eigenvalue weighted by Gasteiger charge is 2.48. The maximum absolute atomic E-state index is 13.2. The molecule has 1 amide bonds. The van der Waals surface area contributed by atoms with Gasteiger partial charge in [-0.1, -0.05) is 23.8 Å². The van der Waals surface area contributed by atoms with Crippen molar-refractivity contribution in [1.29, 1.82) is 0 Å². The number of rotatable bonds is 5. The van der Waals surface area contributed by atoms with E-state index in [-0.39, 0.29) is 11.3 Å². The molecule has 0 bridgehead atoms. The van der Waals surface area contributed by atoms with Crippen LogP contribution in [0.4, 0.5) is 5.69 Å². The zero-order valence-corrected chi connectivity index (χ0v) is 18.2. The third-order valence-corrected chi connectivity index (χ3v) is 5.46. The number of anilines is 1. The number of aromatic nitrogens is 1. The quantitative estimate of drug-likeness (QED) is 0.361. The van der Waals surface area contributed by atoms with Gasteiger partial charge in [-0.2, -0.15) is 0 Å². The molecule has 6 nitrogen and oxygen atoms in total. The third-order valence-electron chi connectivity index (χ3n) is 5.46. The first-order valence-corrected chi connectivity index (χ1v) is 10.4. The van der Waals surface area contributed by atoms with Crippen LogP contribution in [-0.4, -0.2) is 28.4 Å². The number of aryl methyl sites for hydroxylation is 2. The fraction of sp³-hybridized carbons (Fsp3) is 0.192. The van der Waals surface area contributed by atoms with Gasteiger partial charge in [0.2, 0.25) is 0 Å². The van der Waals surface area contributed by atoms with Crippen molar-refractivity contribution in [2.45, 2.75) is 26.8 Å². The molecule has 1 unspecified atom stereocenters. The molecular weight excluding hydrogens is 404 g/mol. The van der Waals surface area contributed by atoms with Crippen molar-refractivity contribution in [2.24, 2.45) is 0 Å². The number of Topliss-reactive ketones (excluding diaryl/α,β-unsaturated/α-hetero) is 1. The summed E-state index contributed by atoms with van der Waals surface area (Å²) >= 11 is 0. The molecule has 0 saturated carbocycles. The van der Waals surface area contributed by atoms with Gasteiger partial charge in [0.05, 0.1) is 17.9 Å². The second-order valence-electron chi connectivity index (χ2n) is 7.67. The van der Waals surface area contributed by atoms with Crippen LogP contribution in [0.15, 0.2) is 72.4 Å². The normalized spacial score (nSPS) is 17.6. The van der Waals surface area contributed by atoms with E-state index in [1.54, 1.807) is 48.7 Å². The van der Waals surface area contributed by atoms with Crippen LogP contribution in [-0.2, 0) is 9.59 Å². The monoisotopic (exact) mass is 428 g/mol. The van der Waals surface area contributed by atoms with Gasteiger partial charge in [-0.15, -0.1) is 0 Å². The molecule has 2 aromatic carbocycles. The van der Waals surface area contributed by atoms with Gasteiger partial charge < -0.3 is 9.84 Å². The van der Waals surface area contributed by atoms with Crippen LogP contribution < -0.4 is 9.64 Å². The molecule has 1 N–H and O–H groups in total. The fourth-order valence-electron chi connectivity index (χ4n) is 4.01. The highest BCUT2D eigenvalue weighted by molar-refractivity contribution is 6.51. The van der Waals surface area contributed by atoms with Gasteiger partial charge in [0.1, 0.15) is 17.6 Å². The molecule has 3 aromatic rings. The largest absolute Gasteiger partial charge is 0.507 e. The average Bonchev–Trinajstić information content (AvgIpc) is 3.05. The van der Waals surface area contributed by atoms with Gasteiger partial charge in [-0.25, -0.2) is 0 Å². The smallest absolute Gasteiger partial charge is 0.300 e. The van der Waals surface area contributed by atoms with Crippen molar-refractivity contribution in [3.63, 3.8) is 0 Å². The topological polar surface area (TPSA) is 79.7 Å². The summed E-state index contributed by atoms with van der Waals surface area (Å²) in [7, 11) is 0. The molecule has 0 aliphatic carbocycles. The van der Waals surface area contributed by atoms with Crippen LogP contribution >= 0.6 is 0 Å². The highest BCUT2D eigenvalue weighted by atomic mass is 16.5. The molecule has 1 aromatic heterocycles. The molecular formula is C26H24N2O4. The molecule has 6 heteroatoms. The summed E-state index contributed by atoms with van der Waals surface area (Å²) in [5, 5.41) is 11.2. The first-order valence-electron chi connectivity index (χ1n) is 10.4. The molecule has 1 fully saturated rings. The number of aliphatic hydroxyl groups is 1. The molecule has 1 aliphatic heterocycles. The number of carbonyl (C=O) groups is 2. The summed E-state index contributed by atoms with van der Waals surface area (Å²) < 4.78 is 5.46. The lowest BCUT2D eigenvalue weighted by atomic mass is 9.97. The standard InChI is InChI=1S/C26H24N2O4/c1-4-32-19-11-9-18(10-12-19)24(29)22-23(20-7-5-6-14-27-20)28(26(31)25(22)30)21-13-8-16(2)15-17(21)3/h5-15,23,29H,4H2,1-3H3/b24-22+. The van der Waals surface area contributed by atoms with Crippen molar-refractivity contribution in [1.82, 2.24) is 4.98 Å². The molecule has 2 heterocycles. The second kappa shape index (κ2) is 8.67. The van der Waals surface area contributed by atoms with Gasteiger partial charge >= 0.3 is 0 Å². The van der Waals surface area contributed by atoms with Crippen molar-refractivity contribution in [2.75, 3.05) is 11.5 Å². The van der Waals surface area contributed by atoms with E-state index >= 15 is 0 Å². The van der Waals surface area contributed by atoms with E-state index in [2.05, 4.69) is 4.98 Å². The summed E-state index contributed by atoms with van der Waals surface area (Å²) in [5.74, 6) is -1.03. The second-order valence-corrected chi connectivity index (χ2v) is 7.67. The van der Waals surface area contributed by atoms with E-state index in [4.69, 9.17) is 4.74 Å². The molecule has 1 aliphatic rings. The van der Waals surface area contributed by atoms with Crippen molar-refractivity contribution in [3.8, 4) is 5.75 Å².